The molecule has 0 radical (unpaired) electrons. The predicted octanol–water partition coefficient (Wildman–Crippen LogP) is 16.4. The average molecular weight is 877 g/mol. The van der Waals surface area contributed by atoms with Gasteiger partial charge in [-0.05, 0) is 152 Å². The smallest absolute Gasteiger partial charge is 0.333 e. The highest BCUT2D eigenvalue weighted by atomic mass is 15.2. The maximum Gasteiger partial charge on any atom is 0.333 e. The fourth-order valence-corrected chi connectivity index (χ4v) is 11.8. The van der Waals surface area contributed by atoms with Crippen LogP contribution in [0.15, 0.2) is 200 Å². The molecule has 0 fully saturated rings. The van der Waals surface area contributed by atoms with Crippen molar-refractivity contribution in [2.45, 2.75) is 71.6 Å². The molecule has 0 amide bonds. The summed E-state index contributed by atoms with van der Waals surface area (Å²) in [7, 11) is 0. The van der Waals surface area contributed by atoms with Gasteiger partial charge in [-0.2, -0.15) is 0 Å². The number of unbranched alkanes of at least 4 members (excludes halogenated alkanes) is 2. The van der Waals surface area contributed by atoms with Crippen molar-refractivity contribution in [1.82, 2.24) is 0 Å². The Kier molecular flexibility index (Phi) is 10.5. The van der Waals surface area contributed by atoms with E-state index in [1.54, 1.807) is 0 Å². The zero-order chi connectivity index (χ0) is 45.9. The number of aryl methyl sites for hydroxylation is 2. The van der Waals surface area contributed by atoms with Gasteiger partial charge in [0.25, 0.3) is 0 Å². The van der Waals surface area contributed by atoms with Crippen molar-refractivity contribution < 1.29 is 0 Å². The average Bonchev–Trinajstić information content (AvgIpc) is 3.63. The quantitative estimate of drug-likeness (QED) is 0.119. The van der Waals surface area contributed by atoms with Gasteiger partial charge in [-0.25, -0.2) is 0 Å². The van der Waals surface area contributed by atoms with Crippen LogP contribution in [0.4, 0.5) is 28.4 Å². The number of nitrogens with zero attached hydrogens (tertiary/aromatic N) is 2. The van der Waals surface area contributed by atoms with Crippen LogP contribution in [0.3, 0.4) is 0 Å². The Morgan fingerprint density at radius 3 is 1.74 bits per heavy atom. The molecule has 12 rings (SSSR count). The molecule has 2 heterocycles. The molecule has 0 aromatic heterocycles. The lowest BCUT2D eigenvalue weighted by molar-refractivity contribution is 0.661. The third kappa shape index (κ3) is 6.85. The van der Waals surface area contributed by atoms with Crippen molar-refractivity contribution in [3.63, 3.8) is 0 Å². The Labute approximate surface area is 403 Å². The van der Waals surface area contributed by atoms with E-state index in [0.717, 1.165) is 25.7 Å². The summed E-state index contributed by atoms with van der Waals surface area (Å²) in [6, 6.07) is 76.3. The third-order valence-corrected chi connectivity index (χ3v) is 15.2. The first kappa shape index (κ1) is 42.0. The van der Waals surface area contributed by atoms with Crippen LogP contribution in [0.2, 0.25) is 0 Å². The molecule has 2 nitrogen and oxygen atoms in total. The Morgan fingerprint density at radius 1 is 0.426 bits per heavy atom. The molecule has 0 saturated carbocycles. The minimum Gasteiger partial charge on any atom is -0.376 e. The second kappa shape index (κ2) is 17.1. The summed E-state index contributed by atoms with van der Waals surface area (Å²) in [5.41, 5.74) is 26.7. The van der Waals surface area contributed by atoms with Gasteiger partial charge < -0.3 is 9.71 Å². The summed E-state index contributed by atoms with van der Waals surface area (Å²) < 4.78 is 0. The van der Waals surface area contributed by atoms with Gasteiger partial charge in [-0.15, -0.1) is 0 Å². The van der Waals surface area contributed by atoms with E-state index in [1.807, 2.05) is 0 Å². The summed E-state index contributed by atoms with van der Waals surface area (Å²) in [4.78, 5) is 5.40. The number of anilines is 5. The molecule has 0 saturated heterocycles. The molecule has 3 heteroatoms. The van der Waals surface area contributed by atoms with Crippen LogP contribution in [0.1, 0.15) is 75.6 Å². The largest absolute Gasteiger partial charge is 0.376 e. The highest BCUT2D eigenvalue weighted by molar-refractivity contribution is 6.93. The lowest BCUT2D eigenvalue weighted by Gasteiger charge is -2.47. The number of hydrogen-bond donors (Lipinski definition) is 0. The summed E-state index contributed by atoms with van der Waals surface area (Å²) >= 11 is 0. The minimum absolute atomic E-state index is 0.110. The van der Waals surface area contributed by atoms with E-state index in [4.69, 9.17) is 0 Å². The molecule has 2 aliphatic heterocycles. The molecule has 9 aromatic rings. The molecule has 9 aromatic carbocycles. The van der Waals surface area contributed by atoms with Gasteiger partial charge in [0.2, 0.25) is 0 Å². The Bertz CT molecular complexity index is 3340. The molecular weight excluding hydrogens is 820 g/mol. The van der Waals surface area contributed by atoms with E-state index in [9.17, 15) is 0 Å². The summed E-state index contributed by atoms with van der Waals surface area (Å²) in [6.45, 7) is 9.38. The molecule has 1 aliphatic carbocycles. The van der Waals surface area contributed by atoms with Crippen LogP contribution in [0, 0.1) is 0 Å². The van der Waals surface area contributed by atoms with Crippen LogP contribution in [-0.4, -0.2) is 6.85 Å². The minimum atomic E-state index is -0.274. The lowest BCUT2D eigenvalue weighted by atomic mass is 9.42. The number of fused-ring (bicyclic) bond motifs is 8. The highest BCUT2D eigenvalue weighted by Crippen LogP contribution is 2.57. The van der Waals surface area contributed by atoms with Crippen molar-refractivity contribution >= 4 is 46.2 Å². The van der Waals surface area contributed by atoms with Crippen LogP contribution in [0.25, 0.3) is 55.6 Å². The van der Waals surface area contributed by atoms with Crippen molar-refractivity contribution in [1.29, 1.82) is 0 Å². The molecule has 0 bridgehead atoms. The zero-order valence-corrected chi connectivity index (χ0v) is 39.8. The predicted molar refractivity (Wildman–Crippen MR) is 291 cm³/mol. The van der Waals surface area contributed by atoms with Crippen molar-refractivity contribution in [2.75, 3.05) is 9.71 Å². The Balaban J connectivity index is 1.22. The molecule has 330 valence electrons. The van der Waals surface area contributed by atoms with Crippen LogP contribution in [0.5, 0.6) is 0 Å². The van der Waals surface area contributed by atoms with Crippen LogP contribution in [-0.2, 0) is 18.3 Å². The number of rotatable bonds is 11. The summed E-state index contributed by atoms with van der Waals surface area (Å²) in [5, 5.41) is 0. The van der Waals surface area contributed by atoms with E-state index in [1.165, 1.54) is 130 Å². The van der Waals surface area contributed by atoms with Crippen LogP contribution >= 0.6 is 0 Å². The SMILES string of the molecule is CCCCc1ccc(N2B3c4ccc5c(c4N(c4ccc(CCCC)cc4-c4ccccc4)c4cc(-c6ccccc6)cc(c43)-c3cc(-c4ccccc4)ccc32)C(C)(C)c2ccccc2-5)cc1. The summed E-state index contributed by atoms with van der Waals surface area (Å²) in [5.74, 6) is 0. The van der Waals surface area contributed by atoms with Gasteiger partial charge >= 0.3 is 6.85 Å². The maximum absolute atomic E-state index is 2.72. The third-order valence-electron chi connectivity index (χ3n) is 15.2. The number of hydrogen-bond acceptors (Lipinski definition) is 2. The van der Waals surface area contributed by atoms with Crippen molar-refractivity contribution in [3.8, 4) is 55.6 Å². The second-order valence-corrected chi connectivity index (χ2v) is 19.7. The van der Waals surface area contributed by atoms with Crippen molar-refractivity contribution in [3.05, 3.63) is 222 Å². The van der Waals surface area contributed by atoms with E-state index in [2.05, 4.69) is 238 Å². The first-order valence-corrected chi connectivity index (χ1v) is 25.0. The monoisotopic (exact) mass is 876 g/mol. The standard InChI is InChI=1S/C65H57BN2/c1-5-7-20-44-30-34-51(35-31-44)68-60-39-33-49(46-22-12-9-13-23-46)41-55(60)56-42-50(47-24-14-10-15-25-47)43-61-63(56)66(68)58-37-36-53-52-28-18-19-29-57(52)65(3,4)62(53)64(58)67(61)59-38-32-45(21-8-6-2)40-54(59)48-26-16-11-17-27-48/h9-19,22-43H,5-8,20-21H2,1-4H3. The first-order valence-electron chi connectivity index (χ1n) is 25.0. The Hall–Kier alpha value is -7.36. The first-order chi connectivity index (χ1) is 33.4. The van der Waals surface area contributed by atoms with Gasteiger partial charge in [0.05, 0.1) is 5.69 Å². The molecule has 0 spiro atoms. The fraction of sp³-hybridized carbons (Fsp3) is 0.169. The number of benzene rings is 9. The normalized spacial score (nSPS) is 13.7. The van der Waals surface area contributed by atoms with Gasteiger partial charge in [0.15, 0.2) is 0 Å². The zero-order valence-electron chi connectivity index (χ0n) is 39.8. The molecular formula is C65H57BN2. The van der Waals surface area contributed by atoms with E-state index < -0.39 is 0 Å². The Morgan fingerprint density at radius 2 is 1.03 bits per heavy atom. The maximum atomic E-state index is 2.72. The van der Waals surface area contributed by atoms with E-state index >= 15 is 0 Å². The molecule has 3 aliphatic rings. The van der Waals surface area contributed by atoms with Gasteiger partial charge in [-0.1, -0.05) is 192 Å². The van der Waals surface area contributed by atoms with E-state index in [0.29, 0.717) is 0 Å². The lowest BCUT2D eigenvalue weighted by Crippen LogP contribution is -2.62. The molecule has 0 N–H and O–H groups in total. The molecule has 68 heavy (non-hydrogen) atoms. The van der Waals surface area contributed by atoms with Gasteiger partial charge in [0, 0.05) is 39.3 Å². The topological polar surface area (TPSA) is 6.48 Å². The molecule has 0 unspecified atom stereocenters. The van der Waals surface area contributed by atoms with Crippen molar-refractivity contribution in [2.24, 2.45) is 0 Å². The summed E-state index contributed by atoms with van der Waals surface area (Å²) in [6.07, 6.45) is 6.84. The van der Waals surface area contributed by atoms with Crippen LogP contribution < -0.4 is 20.6 Å². The van der Waals surface area contributed by atoms with E-state index in [-0.39, 0.29) is 12.3 Å². The van der Waals surface area contributed by atoms with Gasteiger partial charge in [0.1, 0.15) is 0 Å². The van der Waals surface area contributed by atoms with Gasteiger partial charge in [-0.3, -0.25) is 0 Å². The second-order valence-electron chi connectivity index (χ2n) is 19.7. The fourth-order valence-electron chi connectivity index (χ4n) is 11.8. The highest BCUT2D eigenvalue weighted by Gasteiger charge is 2.49. The molecule has 0 atom stereocenters.